The molecule has 0 fully saturated rings. The molecule has 0 atom stereocenters. The standard InChI is InChI=1S/C5H6BrClF2/c1-3(2)4(7)5(6,8)9/h1-2H3. The van der Waals surface area contributed by atoms with Crippen molar-refractivity contribution in [3.05, 3.63) is 10.6 Å². The molecule has 0 aliphatic carbocycles. The number of hydrogen-bond acceptors (Lipinski definition) is 0. The van der Waals surface area contributed by atoms with Crippen LogP contribution in [-0.4, -0.2) is 4.83 Å². The summed E-state index contributed by atoms with van der Waals surface area (Å²) < 4.78 is 24.2. The van der Waals surface area contributed by atoms with Crippen molar-refractivity contribution >= 4 is 27.5 Å². The predicted octanol–water partition coefficient (Wildman–Crippen LogP) is 3.51. The Morgan fingerprint density at radius 2 is 1.78 bits per heavy atom. The highest BCUT2D eigenvalue weighted by atomic mass is 79.9. The largest absolute Gasteiger partial charge is 0.336 e. The molecule has 4 heteroatoms. The van der Waals surface area contributed by atoms with Gasteiger partial charge in [0.05, 0.1) is 5.03 Å². The number of hydrogen-bond donors (Lipinski definition) is 0. The van der Waals surface area contributed by atoms with Crippen molar-refractivity contribution < 1.29 is 8.78 Å². The Balaban J connectivity index is 4.40. The van der Waals surface area contributed by atoms with Gasteiger partial charge < -0.3 is 0 Å². The lowest BCUT2D eigenvalue weighted by atomic mass is 10.3. The van der Waals surface area contributed by atoms with Crippen molar-refractivity contribution in [2.24, 2.45) is 0 Å². The van der Waals surface area contributed by atoms with Crippen LogP contribution < -0.4 is 0 Å². The quantitative estimate of drug-likeness (QED) is 0.592. The molecular formula is C5H6BrClF2. The Bertz CT molecular complexity index is 132. The van der Waals surface area contributed by atoms with Crippen molar-refractivity contribution in [2.75, 3.05) is 0 Å². The molecule has 0 heterocycles. The first-order valence-electron chi connectivity index (χ1n) is 2.26. The summed E-state index contributed by atoms with van der Waals surface area (Å²) in [5.41, 5.74) is 0.415. The monoisotopic (exact) mass is 218 g/mol. The fraction of sp³-hybridized carbons (Fsp3) is 0.600. The highest BCUT2D eigenvalue weighted by Gasteiger charge is 2.29. The van der Waals surface area contributed by atoms with Gasteiger partial charge in [0.2, 0.25) is 0 Å². The molecule has 0 aromatic heterocycles. The molecule has 0 aliphatic heterocycles. The molecule has 0 aromatic rings. The Labute approximate surface area is 66.0 Å². The summed E-state index contributed by atoms with van der Waals surface area (Å²) in [6.07, 6.45) is 0. The van der Waals surface area contributed by atoms with Gasteiger partial charge in [-0.3, -0.25) is 0 Å². The van der Waals surface area contributed by atoms with E-state index in [2.05, 4.69) is 15.9 Å². The van der Waals surface area contributed by atoms with Gasteiger partial charge in [0.25, 0.3) is 0 Å². The van der Waals surface area contributed by atoms with Crippen LogP contribution in [0.5, 0.6) is 0 Å². The van der Waals surface area contributed by atoms with Gasteiger partial charge in [-0.1, -0.05) is 17.2 Å². The van der Waals surface area contributed by atoms with Gasteiger partial charge >= 0.3 is 4.83 Å². The summed E-state index contributed by atoms with van der Waals surface area (Å²) in [6.45, 7) is 3.05. The summed E-state index contributed by atoms with van der Waals surface area (Å²) in [5, 5.41) is -0.442. The van der Waals surface area contributed by atoms with E-state index in [9.17, 15) is 8.78 Å². The summed E-state index contributed by atoms with van der Waals surface area (Å²) >= 11 is 7.30. The number of halogens is 4. The molecule has 0 nitrogen and oxygen atoms in total. The summed E-state index contributed by atoms with van der Waals surface area (Å²) in [6, 6.07) is 0. The van der Waals surface area contributed by atoms with E-state index in [4.69, 9.17) is 11.6 Å². The molecule has 0 saturated carbocycles. The van der Waals surface area contributed by atoms with Crippen molar-refractivity contribution in [1.82, 2.24) is 0 Å². The lowest BCUT2D eigenvalue weighted by molar-refractivity contribution is 0.165. The zero-order chi connectivity index (χ0) is 7.65. The molecule has 54 valence electrons. The minimum absolute atomic E-state index is 0.415. The third-order valence-electron chi connectivity index (χ3n) is 0.688. The number of rotatable bonds is 1. The predicted molar refractivity (Wildman–Crippen MR) is 38.1 cm³/mol. The molecule has 0 spiro atoms. The Kier molecular flexibility index (Phi) is 3.09. The van der Waals surface area contributed by atoms with Crippen LogP contribution in [0.25, 0.3) is 0 Å². The Morgan fingerprint density at radius 3 is 1.78 bits per heavy atom. The van der Waals surface area contributed by atoms with Crippen LogP contribution in [0.15, 0.2) is 10.6 Å². The third-order valence-corrected chi connectivity index (χ3v) is 1.93. The normalized spacial score (nSPS) is 11.3. The van der Waals surface area contributed by atoms with E-state index in [1.54, 1.807) is 0 Å². The van der Waals surface area contributed by atoms with Crippen LogP contribution in [0.4, 0.5) is 8.78 Å². The van der Waals surface area contributed by atoms with E-state index < -0.39 is 9.86 Å². The molecule has 0 N–H and O–H groups in total. The first kappa shape index (κ1) is 9.37. The number of alkyl halides is 3. The summed E-state index contributed by atoms with van der Waals surface area (Å²) in [4.78, 5) is -3.06. The summed E-state index contributed by atoms with van der Waals surface area (Å²) in [7, 11) is 0. The molecule has 0 amide bonds. The first-order chi connectivity index (χ1) is 3.85. The highest BCUT2D eigenvalue weighted by molar-refractivity contribution is 9.10. The average molecular weight is 219 g/mol. The van der Waals surface area contributed by atoms with E-state index in [0.717, 1.165) is 0 Å². The molecular weight excluding hydrogens is 213 g/mol. The van der Waals surface area contributed by atoms with E-state index in [-0.39, 0.29) is 0 Å². The lowest BCUT2D eigenvalue weighted by Gasteiger charge is -2.06. The zero-order valence-corrected chi connectivity index (χ0v) is 7.35. The maximum absolute atomic E-state index is 12.1. The second-order valence-corrected chi connectivity index (χ2v) is 3.19. The lowest BCUT2D eigenvalue weighted by Crippen LogP contribution is -2.05. The minimum atomic E-state index is -3.06. The SMILES string of the molecule is CC(C)=C(Cl)C(F)(F)Br. The molecule has 0 saturated heterocycles. The van der Waals surface area contributed by atoms with Gasteiger partial charge in [-0.2, -0.15) is 8.78 Å². The minimum Gasteiger partial charge on any atom is -0.187 e. The molecule has 0 rings (SSSR count). The van der Waals surface area contributed by atoms with Crippen LogP contribution in [0.1, 0.15) is 13.8 Å². The maximum atomic E-state index is 12.1. The van der Waals surface area contributed by atoms with Gasteiger partial charge in [-0.15, -0.1) is 0 Å². The smallest absolute Gasteiger partial charge is 0.187 e. The highest BCUT2D eigenvalue weighted by Crippen LogP contribution is 2.35. The van der Waals surface area contributed by atoms with Gasteiger partial charge in [0.15, 0.2) is 0 Å². The first-order valence-corrected chi connectivity index (χ1v) is 3.43. The molecule has 0 bridgehead atoms. The zero-order valence-electron chi connectivity index (χ0n) is 5.01. The molecule has 0 unspecified atom stereocenters. The summed E-state index contributed by atoms with van der Waals surface area (Å²) in [5.74, 6) is 0. The topological polar surface area (TPSA) is 0 Å². The van der Waals surface area contributed by atoms with Crippen molar-refractivity contribution in [1.29, 1.82) is 0 Å². The molecule has 9 heavy (non-hydrogen) atoms. The average Bonchev–Trinajstić information content (AvgIpc) is 1.62. The number of allylic oxidation sites excluding steroid dienone is 2. The Morgan fingerprint density at radius 1 is 1.44 bits per heavy atom. The Hall–Kier alpha value is 0.370. The van der Waals surface area contributed by atoms with Gasteiger partial charge in [0.1, 0.15) is 0 Å². The van der Waals surface area contributed by atoms with Crippen molar-refractivity contribution in [2.45, 2.75) is 18.7 Å². The second-order valence-electron chi connectivity index (χ2n) is 1.81. The van der Waals surface area contributed by atoms with Crippen LogP contribution in [0.3, 0.4) is 0 Å². The van der Waals surface area contributed by atoms with E-state index in [1.165, 1.54) is 13.8 Å². The van der Waals surface area contributed by atoms with E-state index in [0.29, 0.717) is 5.57 Å². The van der Waals surface area contributed by atoms with Crippen LogP contribution >= 0.6 is 27.5 Å². The maximum Gasteiger partial charge on any atom is 0.336 e. The second kappa shape index (κ2) is 2.97. The van der Waals surface area contributed by atoms with Gasteiger partial charge in [-0.05, 0) is 29.8 Å². The van der Waals surface area contributed by atoms with Crippen LogP contribution in [0.2, 0.25) is 0 Å². The molecule has 0 radical (unpaired) electrons. The van der Waals surface area contributed by atoms with Crippen molar-refractivity contribution in [3.63, 3.8) is 0 Å². The van der Waals surface area contributed by atoms with E-state index in [1.807, 2.05) is 0 Å². The van der Waals surface area contributed by atoms with Gasteiger partial charge in [0, 0.05) is 0 Å². The third kappa shape index (κ3) is 3.16. The fourth-order valence-corrected chi connectivity index (χ4v) is 0.680. The van der Waals surface area contributed by atoms with Gasteiger partial charge in [-0.25, -0.2) is 0 Å². The van der Waals surface area contributed by atoms with E-state index >= 15 is 0 Å². The van der Waals surface area contributed by atoms with Crippen molar-refractivity contribution in [3.8, 4) is 0 Å². The molecule has 0 aromatic carbocycles. The molecule has 0 aliphatic rings. The van der Waals surface area contributed by atoms with Crippen LogP contribution in [0, 0.1) is 0 Å². The van der Waals surface area contributed by atoms with Crippen LogP contribution in [-0.2, 0) is 0 Å². The fourth-order valence-electron chi connectivity index (χ4n) is 0.283.